The lowest BCUT2D eigenvalue weighted by atomic mass is 9.98. The lowest BCUT2D eigenvalue weighted by molar-refractivity contribution is 0.0706. The molecule has 3 nitrogen and oxygen atoms in total. The van der Waals surface area contributed by atoms with E-state index in [4.69, 9.17) is 5.26 Å². The number of nitrogens with zero attached hydrogens (tertiary/aromatic N) is 2. The van der Waals surface area contributed by atoms with E-state index in [2.05, 4.69) is 22.0 Å². The van der Waals surface area contributed by atoms with Crippen molar-refractivity contribution in [2.24, 2.45) is 5.92 Å². The molecule has 0 aliphatic carbocycles. The highest BCUT2D eigenvalue weighted by Crippen LogP contribution is 2.20. The SMILES string of the molecule is N#CC1CCN(C(=O)c2cc(F)cc(Br)c2)CC1. The Labute approximate surface area is 113 Å². The number of carbonyl (C=O) groups is 1. The Kier molecular flexibility index (Phi) is 3.97. The third-order valence-electron chi connectivity index (χ3n) is 3.07. The van der Waals surface area contributed by atoms with E-state index in [-0.39, 0.29) is 11.8 Å². The number of piperidine rings is 1. The zero-order valence-corrected chi connectivity index (χ0v) is 11.3. The predicted octanol–water partition coefficient (Wildman–Crippen LogP) is 2.96. The van der Waals surface area contributed by atoms with Crippen molar-refractivity contribution >= 4 is 21.8 Å². The number of amides is 1. The maximum atomic E-state index is 13.2. The van der Waals surface area contributed by atoms with Gasteiger partial charge < -0.3 is 4.90 Å². The van der Waals surface area contributed by atoms with E-state index in [1.807, 2.05) is 0 Å². The Bertz CT molecular complexity index is 484. The summed E-state index contributed by atoms with van der Waals surface area (Å²) in [4.78, 5) is 13.8. The smallest absolute Gasteiger partial charge is 0.253 e. The Morgan fingerprint density at radius 3 is 2.61 bits per heavy atom. The van der Waals surface area contributed by atoms with E-state index in [0.717, 1.165) is 0 Å². The van der Waals surface area contributed by atoms with E-state index in [1.165, 1.54) is 12.1 Å². The number of nitriles is 1. The van der Waals surface area contributed by atoms with Gasteiger partial charge in [-0.3, -0.25) is 4.79 Å². The van der Waals surface area contributed by atoms with Crippen LogP contribution in [-0.4, -0.2) is 23.9 Å². The van der Waals surface area contributed by atoms with Crippen LogP contribution in [0.3, 0.4) is 0 Å². The van der Waals surface area contributed by atoms with Gasteiger partial charge in [0.25, 0.3) is 5.91 Å². The van der Waals surface area contributed by atoms with Crippen LogP contribution in [0.4, 0.5) is 4.39 Å². The molecule has 0 spiro atoms. The van der Waals surface area contributed by atoms with Crippen molar-refractivity contribution in [2.45, 2.75) is 12.8 Å². The van der Waals surface area contributed by atoms with E-state index in [9.17, 15) is 9.18 Å². The average Bonchev–Trinajstić information content (AvgIpc) is 2.37. The summed E-state index contributed by atoms with van der Waals surface area (Å²) < 4.78 is 13.8. The molecule has 1 aliphatic heterocycles. The van der Waals surface area contributed by atoms with Crippen LogP contribution < -0.4 is 0 Å². The van der Waals surface area contributed by atoms with Gasteiger partial charge in [-0.05, 0) is 31.0 Å². The number of likely N-dealkylation sites (tertiary alicyclic amines) is 1. The van der Waals surface area contributed by atoms with Crippen molar-refractivity contribution in [1.82, 2.24) is 4.90 Å². The van der Waals surface area contributed by atoms with Crippen LogP contribution in [0.5, 0.6) is 0 Å². The fourth-order valence-corrected chi connectivity index (χ4v) is 2.54. The van der Waals surface area contributed by atoms with E-state index >= 15 is 0 Å². The summed E-state index contributed by atoms with van der Waals surface area (Å²) in [5, 5.41) is 8.80. The molecule has 1 amide bonds. The zero-order valence-electron chi connectivity index (χ0n) is 9.70. The van der Waals surface area contributed by atoms with Crippen LogP contribution in [0.25, 0.3) is 0 Å². The second kappa shape index (κ2) is 5.49. The van der Waals surface area contributed by atoms with Gasteiger partial charge in [0.15, 0.2) is 0 Å². The summed E-state index contributed by atoms with van der Waals surface area (Å²) in [6, 6.07) is 6.39. The molecule has 18 heavy (non-hydrogen) atoms. The highest BCUT2D eigenvalue weighted by atomic mass is 79.9. The van der Waals surface area contributed by atoms with Crippen LogP contribution in [0.1, 0.15) is 23.2 Å². The van der Waals surface area contributed by atoms with Crippen LogP contribution in [0, 0.1) is 23.1 Å². The van der Waals surface area contributed by atoms with Gasteiger partial charge in [0.05, 0.1) is 6.07 Å². The van der Waals surface area contributed by atoms with Gasteiger partial charge in [0.2, 0.25) is 0 Å². The van der Waals surface area contributed by atoms with Gasteiger partial charge in [0, 0.05) is 29.0 Å². The topological polar surface area (TPSA) is 44.1 Å². The summed E-state index contributed by atoms with van der Waals surface area (Å²) in [6.45, 7) is 1.12. The molecule has 0 N–H and O–H groups in total. The first-order chi connectivity index (χ1) is 8.60. The Hall–Kier alpha value is -1.41. The Balaban J connectivity index is 2.10. The largest absolute Gasteiger partial charge is 0.339 e. The molecule has 0 radical (unpaired) electrons. The third-order valence-corrected chi connectivity index (χ3v) is 3.53. The van der Waals surface area contributed by atoms with Gasteiger partial charge in [-0.25, -0.2) is 4.39 Å². The highest BCUT2D eigenvalue weighted by Gasteiger charge is 2.23. The maximum Gasteiger partial charge on any atom is 0.253 e. The minimum absolute atomic E-state index is 0.0355. The molecule has 1 aliphatic rings. The molecule has 2 rings (SSSR count). The summed E-state index contributed by atoms with van der Waals surface area (Å²) in [5.41, 5.74) is 0.345. The first kappa shape index (κ1) is 13.0. The van der Waals surface area contributed by atoms with E-state index in [1.54, 1.807) is 11.0 Å². The Morgan fingerprint density at radius 2 is 2.06 bits per heavy atom. The normalized spacial score (nSPS) is 16.4. The van der Waals surface area contributed by atoms with Crippen LogP contribution >= 0.6 is 15.9 Å². The predicted molar refractivity (Wildman–Crippen MR) is 68.3 cm³/mol. The van der Waals surface area contributed by atoms with Crippen molar-refractivity contribution < 1.29 is 9.18 Å². The minimum Gasteiger partial charge on any atom is -0.339 e. The molecular formula is C13H12BrFN2O. The molecule has 1 aromatic carbocycles. The van der Waals surface area contributed by atoms with Crippen LogP contribution in [0.2, 0.25) is 0 Å². The number of benzene rings is 1. The monoisotopic (exact) mass is 310 g/mol. The van der Waals surface area contributed by atoms with Crippen molar-refractivity contribution in [3.8, 4) is 6.07 Å². The van der Waals surface area contributed by atoms with Crippen molar-refractivity contribution in [2.75, 3.05) is 13.1 Å². The van der Waals surface area contributed by atoms with Crippen LogP contribution in [-0.2, 0) is 0 Å². The number of hydrogen-bond donors (Lipinski definition) is 0. The quantitative estimate of drug-likeness (QED) is 0.800. The molecule has 94 valence electrons. The number of rotatable bonds is 1. The standard InChI is InChI=1S/C13H12BrFN2O/c14-11-5-10(6-12(15)7-11)13(18)17-3-1-9(8-16)2-4-17/h5-7,9H,1-4H2. The molecule has 1 fully saturated rings. The number of halogens is 2. The van der Waals surface area contributed by atoms with Crippen molar-refractivity contribution in [1.29, 1.82) is 5.26 Å². The van der Waals surface area contributed by atoms with Crippen LogP contribution in [0.15, 0.2) is 22.7 Å². The summed E-state index contributed by atoms with van der Waals surface area (Å²) in [6.07, 6.45) is 1.39. The first-order valence-electron chi connectivity index (χ1n) is 5.75. The molecule has 1 heterocycles. The van der Waals surface area contributed by atoms with E-state index in [0.29, 0.717) is 36.0 Å². The van der Waals surface area contributed by atoms with Gasteiger partial charge in [-0.2, -0.15) is 5.26 Å². The maximum absolute atomic E-state index is 13.2. The van der Waals surface area contributed by atoms with Crippen molar-refractivity contribution in [3.05, 3.63) is 34.1 Å². The lowest BCUT2D eigenvalue weighted by Gasteiger charge is -2.29. The summed E-state index contributed by atoms with van der Waals surface area (Å²) in [5.74, 6) is -0.570. The molecule has 5 heteroatoms. The van der Waals surface area contributed by atoms with Gasteiger partial charge in [-0.15, -0.1) is 0 Å². The molecule has 0 unspecified atom stereocenters. The fourth-order valence-electron chi connectivity index (χ4n) is 2.07. The molecule has 0 bridgehead atoms. The average molecular weight is 311 g/mol. The Morgan fingerprint density at radius 1 is 1.39 bits per heavy atom. The summed E-state index contributed by atoms with van der Waals surface area (Å²) in [7, 11) is 0. The second-order valence-electron chi connectivity index (χ2n) is 4.35. The van der Waals surface area contributed by atoms with Crippen molar-refractivity contribution in [3.63, 3.8) is 0 Å². The first-order valence-corrected chi connectivity index (χ1v) is 6.54. The van der Waals surface area contributed by atoms with Gasteiger partial charge >= 0.3 is 0 Å². The fraction of sp³-hybridized carbons (Fsp3) is 0.385. The lowest BCUT2D eigenvalue weighted by Crippen LogP contribution is -2.38. The second-order valence-corrected chi connectivity index (χ2v) is 5.27. The molecule has 0 aromatic heterocycles. The van der Waals surface area contributed by atoms with E-state index < -0.39 is 5.82 Å². The van der Waals surface area contributed by atoms with Gasteiger partial charge in [0.1, 0.15) is 5.82 Å². The molecule has 0 atom stereocenters. The third kappa shape index (κ3) is 2.88. The summed E-state index contributed by atoms with van der Waals surface area (Å²) >= 11 is 3.17. The van der Waals surface area contributed by atoms with Gasteiger partial charge in [-0.1, -0.05) is 15.9 Å². The molecule has 1 saturated heterocycles. The number of carbonyl (C=O) groups excluding carboxylic acids is 1. The number of hydrogen-bond acceptors (Lipinski definition) is 2. The molecule has 1 aromatic rings. The zero-order chi connectivity index (χ0) is 13.1. The molecule has 0 saturated carbocycles. The molecular weight excluding hydrogens is 299 g/mol. The minimum atomic E-state index is -0.431. The highest BCUT2D eigenvalue weighted by molar-refractivity contribution is 9.10.